The first kappa shape index (κ1) is 13.3. The molecule has 0 radical (unpaired) electrons. The van der Waals surface area contributed by atoms with Crippen molar-refractivity contribution in [1.29, 1.82) is 0 Å². The lowest BCUT2D eigenvalue weighted by molar-refractivity contribution is 0.580. The molecule has 0 saturated carbocycles. The van der Waals surface area contributed by atoms with Gasteiger partial charge in [-0.2, -0.15) is 0 Å². The summed E-state index contributed by atoms with van der Waals surface area (Å²) in [5, 5.41) is 0. The van der Waals surface area contributed by atoms with Crippen molar-refractivity contribution >= 4 is 0 Å². The maximum Gasteiger partial charge on any atom is 0.128 e. The summed E-state index contributed by atoms with van der Waals surface area (Å²) >= 11 is 0. The van der Waals surface area contributed by atoms with Gasteiger partial charge in [0.1, 0.15) is 11.6 Å². The van der Waals surface area contributed by atoms with E-state index in [2.05, 4.69) is 9.55 Å². The molecule has 3 rings (SSSR count). The minimum Gasteiger partial charge on any atom is -0.327 e. The van der Waals surface area contributed by atoms with Crippen LogP contribution in [0.25, 0.3) is 0 Å². The van der Waals surface area contributed by atoms with E-state index in [9.17, 15) is 4.39 Å². The number of aryl methyl sites for hydroxylation is 2. The van der Waals surface area contributed by atoms with E-state index in [1.165, 1.54) is 30.3 Å². The number of halogens is 1. The van der Waals surface area contributed by atoms with Gasteiger partial charge in [-0.1, -0.05) is 12.1 Å². The highest BCUT2D eigenvalue weighted by molar-refractivity contribution is 5.27. The summed E-state index contributed by atoms with van der Waals surface area (Å²) in [5.41, 5.74) is 9.56. The smallest absolute Gasteiger partial charge is 0.128 e. The molecule has 0 atom stereocenters. The van der Waals surface area contributed by atoms with Crippen LogP contribution >= 0.6 is 0 Å². The number of rotatable bonds is 3. The quantitative estimate of drug-likeness (QED) is 0.934. The van der Waals surface area contributed by atoms with Gasteiger partial charge >= 0.3 is 0 Å². The fourth-order valence-electron chi connectivity index (χ4n) is 2.96. The van der Waals surface area contributed by atoms with E-state index in [0.717, 1.165) is 24.2 Å². The second-order valence-electron chi connectivity index (χ2n) is 5.48. The average molecular weight is 273 g/mol. The second kappa shape index (κ2) is 5.37. The molecule has 0 unspecified atom stereocenters. The molecule has 106 valence electrons. The summed E-state index contributed by atoms with van der Waals surface area (Å²) in [4.78, 5) is 4.63. The number of benzene rings is 1. The zero-order chi connectivity index (χ0) is 14.1. The van der Waals surface area contributed by atoms with Gasteiger partial charge in [0.25, 0.3) is 0 Å². The lowest BCUT2D eigenvalue weighted by atomic mass is 10.0. The molecule has 0 amide bonds. The average Bonchev–Trinajstić information content (AvgIpc) is 2.77. The Kier molecular flexibility index (Phi) is 3.57. The number of hydrogen-bond donors (Lipinski definition) is 1. The van der Waals surface area contributed by atoms with Crippen LogP contribution in [0, 0.1) is 12.7 Å². The monoisotopic (exact) mass is 273 g/mol. The minimum absolute atomic E-state index is 0.175. The van der Waals surface area contributed by atoms with Crippen LogP contribution in [0.4, 0.5) is 4.39 Å². The van der Waals surface area contributed by atoms with Gasteiger partial charge in [-0.15, -0.1) is 0 Å². The van der Waals surface area contributed by atoms with E-state index < -0.39 is 0 Å². The van der Waals surface area contributed by atoms with Crippen molar-refractivity contribution < 1.29 is 4.39 Å². The molecule has 1 aromatic heterocycles. The van der Waals surface area contributed by atoms with Crippen LogP contribution in [0.1, 0.15) is 41.2 Å². The van der Waals surface area contributed by atoms with E-state index in [4.69, 9.17) is 5.73 Å². The van der Waals surface area contributed by atoms with Crippen LogP contribution in [-0.4, -0.2) is 9.55 Å². The Morgan fingerprint density at radius 2 is 2.10 bits per heavy atom. The molecule has 0 bridgehead atoms. The van der Waals surface area contributed by atoms with E-state index in [-0.39, 0.29) is 5.82 Å². The predicted octanol–water partition coefficient (Wildman–Crippen LogP) is 2.72. The Hall–Kier alpha value is -1.68. The first-order valence-corrected chi connectivity index (χ1v) is 7.21. The molecule has 1 aliphatic carbocycles. The molecule has 1 aliphatic rings. The van der Waals surface area contributed by atoms with Crippen LogP contribution in [-0.2, 0) is 25.9 Å². The van der Waals surface area contributed by atoms with Crippen LogP contribution in [0.2, 0.25) is 0 Å². The van der Waals surface area contributed by atoms with Gasteiger partial charge in [-0.3, -0.25) is 0 Å². The molecule has 2 N–H and O–H groups in total. The molecule has 4 heteroatoms. The third-order valence-electron chi connectivity index (χ3n) is 4.11. The normalized spacial score (nSPS) is 14.3. The second-order valence-corrected chi connectivity index (χ2v) is 5.48. The first-order chi connectivity index (χ1) is 9.69. The fourth-order valence-corrected chi connectivity index (χ4v) is 2.96. The Labute approximate surface area is 118 Å². The van der Waals surface area contributed by atoms with Crippen molar-refractivity contribution in [2.75, 3.05) is 0 Å². The summed E-state index contributed by atoms with van der Waals surface area (Å²) in [6, 6.07) is 5.28. The largest absolute Gasteiger partial charge is 0.327 e. The Morgan fingerprint density at radius 3 is 2.85 bits per heavy atom. The summed E-state index contributed by atoms with van der Waals surface area (Å²) in [5.74, 6) is 0.810. The van der Waals surface area contributed by atoms with Gasteiger partial charge in [0.05, 0.1) is 12.2 Å². The molecule has 20 heavy (non-hydrogen) atoms. The van der Waals surface area contributed by atoms with Gasteiger partial charge in [0.15, 0.2) is 0 Å². The Bertz CT molecular complexity index is 631. The molecule has 1 heterocycles. The lowest BCUT2D eigenvalue weighted by Gasteiger charge is -2.15. The maximum absolute atomic E-state index is 14.1. The van der Waals surface area contributed by atoms with Gasteiger partial charge in [-0.05, 0) is 44.2 Å². The van der Waals surface area contributed by atoms with Crippen molar-refractivity contribution in [3.63, 3.8) is 0 Å². The fraction of sp³-hybridized carbons (Fsp3) is 0.438. The zero-order valence-electron chi connectivity index (χ0n) is 11.8. The summed E-state index contributed by atoms with van der Waals surface area (Å²) in [6.45, 7) is 2.94. The van der Waals surface area contributed by atoms with Gasteiger partial charge in [-0.25, -0.2) is 9.37 Å². The molecular formula is C16H20FN3. The highest BCUT2D eigenvalue weighted by atomic mass is 19.1. The number of fused-ring (bicyclic) bond motifs is 1. The molecule has 0 aliphatic heterocycles. The van der Waals surface area contributed by atoms with E-state index >= 15 is 0 Å². The standard InChI is InChI=1S/C16H20FN3/c1-11-19-15-4-2-3-5-16(15)20(11)10-13-7-6-12(9-18)8-14(13)17/h6-8H,2-5,9-10,18H2,1H3. The SMILES string of the molecule is Cc1nc2c(n1Cc1ccc(CN)cc1F)CCCC2. The third kappa shape index (κ3) is 2.36. The zero-order valence-corrected chi connectivity index (χ0v) is 11.8. The van der Waals surface area contributed by atoms with E-state index in [0.29, 0.717) is 18.7 Å². The molecule has 0 saturated heterocycles. The number of hydrogen-bond acceptors (Lipinski definition) is 2. The van der Waals surface area contributed by atoms with Crippen LogP contribution in [0.5, 0.6) is 0 Å². The van der Waals surface area contributed by atoms with E-state index in [1.54, 1.807) is 0 Å². The van der Waals surface area contributed by atoms with Crippen molar-refractivity contribution in [2.24, 2.45) is 5.73 Å². The minimum atomic E-state index is -0.175. The highest BCUT2D eigenvalue weighted by Gasteiger charge is 2.18. The Balaban J connectivity index is 1.93. The highest BCUT2D eigenvalue weighted by Crippen LogP contribution is 2.23. The molecule has 3 nitrogen and oxygen atoms in total. The summed E-state index contributed by atoms with van der Waals surface area (Å²) in [7, 11) is 0. The molecule has 0 spiro atoms. The summed E-state index contributed by atoms with van der Waals surface area (Å²) in [6.07, 6.45) is 4.52. The molecule has 2 aromatic rings. The molecular weight excluding hydrogens is 253 g/mol. The van der Waals surface area contributed by atoms with Crippen molar-refractivity contribution in [1.82, 2.24) is 9.55 Å². The number of nitrogens with two attached hydrogens (primary N) is 1. The first-order valence-electron chi connectivity index (χ1n) is 7.21. The van der Waals surface area contributed by atoms with Crippen LogP contribution in [0.15, 0.2) is 18.2 Å². The number of nitrogens with zero attached hydrogens (tertiary/aromatic N) is 2. The topological polar surface area (TPSA) is 43.8 Å². The molecule has 0 fully saturated rings. The third-order valence-corrected chi connectivity index (χ3v) is 4.11. The van der Waals surface area contributed by atoms with Crippen LogP contribution in [0.3, 0.4) is 0 Å². The summed E-state index contributed by atoms with van der Waals surface area (Å²) < 4.78 is 16.3. The van der Waals surface area contributed by atoms with Crippen molar-refractivity contribution in [3.05, 3.63) is 52.4 Å². The van der Waals surface area contributed by atoms with Gasteiger partial charge in [0, 0.05) is 17.8 Å². The Morgan fingerprint density at radius 1 is 1.30 bits per heavy atom. The van der Waals surface area contributed by atoms with Gasteiger partial charge in [0.2, 0.25) is 0 Å². The number of aromatic nitrogens is 2. The van der Waals surface area contributed by atoms with E-state index in [1.807, 2.05) is 19.1 Å². The maximum atomic E-state index is 14.1. The van der Waals surface area contributed by atoms with Crippen molar-refractivity contribution in [3.8, 4) is 0 Å². The van der Waals surface area contributed by atoms with Gasteiger partial charge < -0.3 is 10.3 Å². The van der Waals surface area contributed by atoms with Crippen molar-refractivity contribution in [2.45, 2.75) is 45.7 Å². The van der Waals surface area contributed by atoms with Crippen LogP contribution < -0.4 is 5.73 Å². The molecule has 1 aromatic carbocycles. The predicted molar refractivity (Wildman–Crippen MR) is 77.0 cm³/mol. The number of imidazole rings is 1. The lowest BCUT2D eigenvalue weighted by Crippen LogP contribution is -2.11.